The number of hydrogen-bond acceptors (Lipinski definition) is 2. The molecule has 47 heavy (non-hydrogen) atoms. The molecule has 0 amide bonds. The largest absolute Gasteiger partial charge is 0.460 e. The number of rotatable bonds is 12. The van der Waals surface area contributed by atoms with Crippen molar-refractivity contribution in [2.75, 3.05) is 0 Å². The first-order chi connectivity index (χ1) is 20.8. The first kappa shape index (κ1) is 40.5. The normalized spacial score (nSPS) is 19.9. The highest BCUT2D eigenvalue weighted by Crippen LogP contribution is 2.66. The number of aryl methyl sites for hydroxylation is 1. The van der Waals surface area contributed by atoms with Crippen molar-refractivity contribution in [1.29, 1.82) is 0 Å². The summed E-state index contributed by atoms with van der Waals surface area (Å²) in [7, 11) is 0. The molecule has 1 fully saturated rings. The minimum absolute atomic E-state index is 0.402. The second-order valence-corrected chi connectivity index (χ2v) is 10.6. The maximum absolute atomic E-state index is 14.6. The van der Waals surface area contributed by atoms with Gasteiger partial charge in [-0.25, -0.2) is 4.39 Å². The molecule has 1 aromatic rings. The number of carbonyl (C=O) groups excluding carboxylic acids is 1. The molecule has 0 N–H and O–H groups in total. The van der Waals surface area contributed by atoms with Gasteiger partial charge in [0.1, 0.15) is 0 Å². The number of ether oxygens (including phenoxy) is 1. The number of hydrogen-bond donors (Lipinski definition) is 0. The minimum atomic E-state index is -8.98. The molecule has 0 unspecified atom stereocenters. The Kier molecular flexibility index (Phi) is 10.6. The van der Waals surface area contributed by atoms with Gasteiger partial charge in [-0.15, -0.1) is 0 Å². The molecule has 0 heterocycles. The van der Waals surface area contributed by atoms with Crippen LogP contribution in [-0.2, 0) is 11.2 Å². The molecule has 0 spiro atoms. The smallest absolute Gasteiger partial charge is 0.423 e. The zero-order valence-electron chi connectivity index (χ0n) is 23.0. The molecule has 0 saturated heterocycles. The summed E-state index contributed by atoms with van der Waals surface area (Å²) in [4.78, 5) is 12.3. The minimum Gasteiger partial charge on any atom is -0.423 e. The predicted octanol–water partition coefficient (Wildman–Crippen LogP) is 10.1. The standard InChI is InChI=1S/C25H20F20O2/c1-2-3-11-4-9-15(14(26)10-11)47-16(46)12-5-7-13(8-6-12)17(27,28)18(29,30)19(31,32)20(33,34)21(35,36)22(37,38)23(39,40)24(41,42)25(43,44)45/h4,9-10,12-13H,2-3,5-8H2,1H3. The Hall–Kier alpha value is -2.71. The molecule has 22 heteroatoms. The first-order valence-corrected chi connectivity index (χ1v) is 12.9. The molecule has 0 aromatic heterocycles. The Morgan fingerprint density at radius 2 is 1.04 bits per heavy atom. The van der Waals surface area contributed by atoms with Gasteiger partial charge in [0.2, 0.25) is 0 Å². The molecule has 0 radical (unpaired) electrons. The molecule has 2 rings (SSSR count). The summed E-state index contributed by atoms with van der Waals surface area (Å²) in [5.41, 5.74) is 0.463. The maximum atomic E-state index is 14.6. The summed E-state index contributed by atoms with van der Waals surface area (Å²) in [5.74, 6) is -75.0. The van der Waals surface area contributed by atoms with Gasteiger partial charge in [-0.1, -0.05) is 19.4 Å². The van der Waals surface area contributed by atoms with Gasteiger partial charge in [0, 0.05) is 5.92 Å². The topological polar surface area (TPSA) is 26.3 Å². The van der Waals surface area contributed by atoms with E-state index >= 15 is 0 Å². The van der Waals surface area contributed by atoms with Crippen molar-refractivity contribution in [1.82, 2.24) is 0 Å². The first-order valence-electron chi connectivity index (χ1n) is 12.9. The number of esters is 1. The van der Waals surface area contributed by atoms with Crippen LogP contribution in [-0.4, -0.2) is 59.5 Å². The number of alkyl halides is 19. The second-order valence-electron chi connectivity index (χ2n) is 10.6. The highest BCUT2D eigenvalue weighted by Gasteiger charge is 2.96. The number of benzene rings is 1. The summed E-state index contributed by atoms with van der Waals surface area (Å²) in [6.07, 6.45) is -12.0. The van der Waals surface area contributed by atoms with Crippen molar-refractivity contribution in [3.05, 3.63) is 29.6 Å². The van der Waals surface area contributed by atoms with E-state index in [9.17, 15) is 92.6 Å². The molecule has 0 aliphatic heterocycles. The lowest BCUT2D eigenvalue weighted by atomic mass is 9.75. The van der Waals surface area contributed by atoms with Gasteiger partial charge in [0.05, 0.1) is 5.92 Å². The van der Waals surface area contributed by atoms with Gasteiger partial charge >= 0.3 is 59.5 Å². The van der Waals surface area contributed by atoms with E-state index in [4.69, 9.17) is 4.74 Å². The Balaban J connectivity index is 2.34. The predicted molar refractivity (Wildman–Crippen MR) is 117 cm³/mol. The van der Waals surface area contributed by atoms with Gasteiger partial charge in [0.15, 0.2) is 11.6 Å². The Labute approximate surface area is 250 Å². The monoisotopic (exact) mass is 732 g/mol. The summed E-state index contributed by atoms with van der Waals surface area (Å²) in [5, 5.41) is 0. The fraction of sp³-hybridized carbons (Fsp3) is 0.720. The maximum Gasteiger partial charge on any atom is 0.460 e. The Morgan fingerprint density at radius 1 is 0.638 bits per heavy atom. The summed E-state index contributed by atoms with van der Waals surface area (Å²) in [6, 6.07) is 3.28. The van der Waals surface area contributed by atoms with Crippen LogP contribution in [0.15, 0.2) is 18.2 Å². The van der Waals surface area contributed by atoms with Crippen molar-refractivity contribution in [3.63, 3.8) is 0 Å². The van der Waals surface area contributed by atoms with Crippen molar-refractivity contribution in [2.24, 2.45) is 11.8 Å². The van der Waals surface area contributed by atoms with Crippen LogP contribution in [0.2, 0.25) is 0 Å². The molecule has 1 aromatic carbocycles. The third kappa shape index (κ3) is 6.18. The van der Waals surface area contributed by atoms with Gasteiger partial charge in [-0.05, 0) is 49.8 Å². The summed E-state index contributed by atoms with van der Waals surface area (Å²) in [6.45, 7) is 1.75. The highest BCUT2D eigenvalue weighted by molar-refractivity contribution is 5.75. The Bertz CT molecular complexity index is 1280. The van der Waals surface area contributed by atoms with Crippen LogP contribution in [0.5, 0.6) is 5.75 Å². The quantitative estimate of drug-likeness (QED) is 0.122. The molecule has 1 saturated carbocycles. The summed E-state index contributed by atoms with van der Waals surface area (Å²) < 4.78 is 277. The lowest BCUT2D eigenvalue weighted by Crippen LogP contribution is -2.76. The van der Waals surface area contributed by atoms with E-state index in [0.29, 0.717) is 18.4 Å². The fourth-order valence-electron chi connectivity index (χ4n) is 4.58. The van der Waals surface area contributed by atoms with E-state index in [-0.39, 0.29) is 0 Å². The molecular weight excluding hydrogens is 712 g/mol. The molecule has 272 valence electrons. The number of carbonyl (C=O) groups is 1. The molecule has 1 aliphatic carbocycles. The van der Waals surface area contributed by atoms with Crippen molar-refractivity contribution >= 4 is 5.97 Å². The van der Waals surface area contributed by atoms with Gasteiger partial charge in [-0.3, -0.25) is 4.79 Å². The molecule has 1 aliphatic rings. The van der Waals surface area contributed by atoms with Crippen molar-refractivity contribution in [2.45, 2.75) is 99.0 Å². The SMILES string of the molecule is CCCc1ccc(OC(=O)C2CCC(C(F)(F)C(F)(F)C(F)(F)C(F)(F)C(F)(F)C(F)(F)C(F)(F)C(F)(F)C(F)(F)F)CC2)c(F)c1. The lowest BCUT2D eigenvalue weighted by molar-refractivity contribution is -0.470. The van der Waals surface area contributed by atoms with E-state index in [1.807, 2.05) is 0 Å². The third-order valence-electron chi connectivity index (χ3n) is 7.46. The van der Waals surface area contributed by atoms with Crippen LogP contribution in [0, 0.1) is 17.7 Å². The van der Waals surface area contributed by atoms with Gasteiger partial charge in [0.25, 0.3) is 0 Å². The van der Waals surface area contributed by atoms with E-state index in [0.717, 1.165) is 12.1 Å². The highest BCUT2D eigenvalue weighted by atomic mass is 19.4. The summed E-state index contributed by atoms with van der Waals surface area (Å²) >= 11 is 0. The van der Waals surface area contributed by atoms with Crippen LogP contribution in [0.4, 0.5) is 87.8 Å². The van der Waals surface area contributed by atoms with E-state index in [1.165, 1.54) is 6.07 Å². The van der Waals surface area contributed by atoms with E-state index < -0.39 is 109 Å². The van der Waals surface area contributed by atoms with Crippen LogP contribution >= 0.6 is 0 Å². The average molecular weight is 732 g/mol. The molecule has 2 nitrogen and oxygen atoms in total. The zero-order valence-corrected chi connectivity index (χ0v) is 23.0. The lowest BCUT2D eigenvalue weighted by Gasteiger charge is -2.45. The van der Waals surface area contributed by atoms with Crippen LogP contribution < -0.4 is 4.74 Å². The molecular formula is C25H20F20O2. The van der Waals surface area contributed by atoms with Crippen LogP contribution in [0.25, 0.3) is 0 Å². The Morgan fingerprint density at radius 3 is 1.43 bits per heavy atom. The zero-order chi connectivity index (χ0) is 37.0. The van der Waals surface area contributed by atoms with Crippen LogP contribution in [0.1, 0.15) is 44.6 Å². The van der Waals surface area contributed by atoms with Crippen LogP contribution in [0.3, 0.4) is 0 Å². The fourth-order valence-corrected chi connectivity index (χ4v) is 4.58. The third-order valence-corrected chi connectivity index (χ3v) is 7.46. The van der Waals surface area contributed by atoms with E-state index in [1.54, 1.807) is 6.92 Å². The van der Waals surface area contributed by atoms with E-state index in [2.05, 4.69) is 0 Å². The van der Waals surface area contributed by atoms with Gasteiger partial charge in [-0.2, -0.15) is 83.4 Å². The van der Waals surface area contributed by atoms with Gasteiger partial charge < -0.3 is 4.74 Å². The number of halogens is 20. The second kappa shape index (κ2) is 12.3. The molecule has 0 atom stereocenters. The average Bonchev–Trinajstić information content (AvgIpc) is 2.93. The van der Waals surface area contributed by atoms with Crippen molar-refractivity contribution < 1.29 is 97.3 Å². The van der Waals surface area contributed by atoms with Crippen molar-refractivity contribution in [3.8, 4) is 5.75 Å². The molecule has 0 bridgehead atoms.